The fraction of sp³-hybridized carbons (Fsp3) is 0.533. The van der Waals surface area contributed by atoms with Crippen LogP contribution in [0.2, 0.25) is 5.02 Å². The molecule has 0 spiro atoms. The summed E-state index contributed by atoms with van der Waals surface area (Å²) in [5, 5.41) is 0.676. The molecule has 1 unspecified atom stereocenters. The molecule has 0 saturated heterocycles. The number of amides is 1. The first-order valence-electron chi connectivity index (χ1n) is 6.67. The van der Waals surface area contributed by atoms with Crippen LogP contribution in [0.1, 0.15) is 45.2 Å². The number of rotatable bonds is 5. The van der Waals surface area contributed by atoms with Crippen LogP contribution >= 0.6 is 11.6 Å². The van der Waals surface area contributed by atoms with Gasteiger partial charge in [-0.2, -0.15) is 0 Å². The van der Waals surface area contributed by atoms with Crippen molar-refractivity contribution >= 4 is 17.5 Å². The molecule has 1 atom stereocenters. The highest BCUT2D eigenvalue weighted by atomic mass is 35.5. The molecule has 1 amide bonds. The summed E-state index contributed by atoms with van der Waals surface area (Å²) in [5.74, 6) is -0.0232. The number of nitrogens with two attached hydrogens (primary N) is 1. The Morgan fingerprint density at radius 1 is 1.42 bits per heavy atom. The molecule has 1 rings (SSSR count). The average molecular weight is 283 g/mol. The molecule has 0 radical (unpaired) electrons. The van der Waals surface area contributed by atoms with Gasteiger partial charge in [-0.3, -0.25) is 4.79 Å². The van der Waals surface area contributed by atoms with Crippen molar-refractivity contribution in [3.05, 3.63) is 34.9 Å². The first-order valence-corrected chi connectivity index (χ1v) is 7.05. The van der Waals surface area contributed by atoms with Gasteiger partial charge in [-0.15, -0.1) is 0 Å². The zero-order valence-electron chi connectivity index (χ0n) is 12.1. The Kier molecular flexibility index (Phi) is 5.39. The van der Waals surface area contributed by atoms with E-state index in [2.05, 4.69) is 0 Å². The second-order valence-electron chi connectivity index (χ2n) is 5.01. The minimum Gasteiger partial charge on any atom is -0.337 e. The van der Waals surface area contributed by atoms with Gasteiger partial charge in [-0.25, -0.2) is 0 Å². The molecule has 106 valence electrons. The second kappa shape index (κ2) is 6.40. The van der Waals surface area contributed by atoms with Crippen LogP contribution in [0.5, 0.6) is 0 Å². The van der Waals surface area contributed by atoms with Crippen LogP contribution < -0.4 is 5.73 Å². The smallest absolute Gasteiger partial charge is 0.242 e. The monoisotopic (exact) mass is 282 g/mol. The Labute approximate surface area is 120 Å². The molecule has 0 aliphatic rings. The van der Waals surface area contributed by atoms with Crippen molar-refractivity contribution in [2.24, 2.45) is 5.73 Å². The van der Waals surface area contributed by atoms with E-state index in [0.717, 1.165) is 5.56 Å². The molecule has 2 N–H and O–H groups in total. The summed E-state index contributed by atoms with van der Waals surface area (Å²) in [4.78, 5) is 14.2. The van der Waals surface area contributed by atoms with Crippen LogP contribution in [-0.4, -0.2) is 23.4 Å². The quantitative estimate of drug-likeness (QED) is 0.900. The molecule has 0 saturated carbocycles. The normalized spacial score (nSPS) is 13.2. The molecule has 0 aliphatic carbocycles. The minimum absolute atomic E-state index is 0.0232. The fourth-order valence-electron chi connectivity index (χ4n) is 2.07. The average Bonchev–Trinajstić information content (AvgIpc) is 2.44. The largest absolute Gasteiger partial charge is 0.337 e. The predicted molar refractivity (Wildman–Crippen MR) is 80.1 cm³/mol. The van der Waals surface area contributed by atoms with E-state index in [1.165, 1.54) is 0 Å². The van der Waals surface area contributed by atoms with E-state index in [1.807, 2.05) is 45.0 Å². The van der Waals surface area contributed by atoms with Gasteiger partial charge in [0.2, 0.25) is 5.91 Å². The van der Waals surface area contributed by atoms with Gasteiger partial charge in [0.05, 0.1) is 11.6 Å². The highest BCUT2D eigenvalue weighted by molar-refractivity contribution is 6.30. The number of nitrogens with zero attached hydrogens (tertiary/aromatic N) is 1. The third-order valence-electron chi connectivity index (χ3n) is 3.92. The topological polar surface area (TPSA) is 46.3 Å². The SMILES string of the molecule is CCC(N)(CC)C(=O)N(C)C(C)c1cccc(Cl)c1. The maximum absolute atomic E-state index is 12.5. The number of carbonyl (C=O) groups excluding carboxylic acids is 1. The molecular formula is C15H23ClN2O. The Morgan fingerprint density at radius 3 is 2.47 bits per heavy atom. The summed E-state index contributed by atoms with van der Waals surface area (Å²) < 4.78 is 0. The third-order valence-corrected chi connectivity index (χ3v) is 4.16. The highest BCUT2D eigenvalue weighted by Gasteiger charge is 2.34. The van der Waals surface area contributed by atoms with E-state index >= 15 is 0 Å². The molecular weight excluding hydrogens is 260 g/mol. The summed E-state index contributed by atoms with van der Waals surface area (Å²) in [6.07, 6.45) is 1.27. The van der Waals surface area contributed by atoms with Gasteiger partial charge < -0.3 is 10.6 Å². The van der Waals surface area contributed by atoms with Gasteiger partial charge in [-0.1, -0.05) is 37.6 Å². The maximum Gasteiger partial charge on any atom is 0.242 e. The molecule has 1 aromatic carbocycles. The Hall–Kier alpha value is -1.06. The first-order chi connectivity index (χ1) is 8.85. The number of likely N-dealkylation sites (N-methyl/N-ethyl adjacent to an activating group) is 1. The van der Waals surface area contributed by atoms with E-state index < -0.39 is 5.54 Å². The predicted octanol–water partition coefficient (Wildman–Crippen LogP) is 3.38. The Balaban J connectivity index is 2.94. The molecule has 0 fully saturated rings. The first kappa shape index (κ1) is 16.0. The van der Waals surface area contributed by atoms with Crippen LogP contribution in [0.25, 0.3) is 0 Å². The maximum atomic E-state index is 12.5. The van der Waals surface area contributed by atoms with Gasteiger partial charge >= 0.3 is 0 Å². The van der Waals surface area contributed by atoms with Gasteiger partial charge in [0.1, 0.15) is 0 Å². The molecule has 4 heteroatoms. The number of hydrogen-bond donors (Lipinski definition) is 1. The van der Waals surface area contributed by atoms with Gasteiger partial charge in [0.15, 0.2) is 0 Å². The lowest BCUT2D eigenvalue weighted by Crippen LogP contribution is -2.54. The Bertz CT molecular complexity index is 444. The van der Waals surface area contributed by atoms with Crippen molar-refractivity contribution in [3.8, 4) is 0 Å². The molecule has 19 heavy (non-hydrogen) atoms. The zero-order valence-corrected chi connectivity index (χ0v) is 12.9. The molecule has 0 aromatic heterocycles. The van der Waals surface area contributed by atoms with Gasteiger partial charge in [0, 0.05) is 12.1 Å². The highest BCUT2D eigenvalue weighted by Crippen LogP contribution is 2.25. The third kappa shape index (κ3) is 3.48. The lowest BCUT2D eigenvalue weighted by atomic mass is 9.91. The fourth-order valence-corrected chi connectivity index (χ4v) is 2.27. The number of carbonyl (C=O) groups is 1. The van der Waals surface area contributed by atoms with Gasteiger partial charge in [0.25, 0.3) is 0 Å². The van der Waals surface area contributed by atoms with Crippen LogP contribution in [0.15, 0.2) is 24.3 Å². The summed E-state index contributed by atoms with van der Waals surface area (Å²) in [5.41, 5.74) is 6.41. The summed E-state index contributed by atoms with van der Waals surface area (Å²) in [6.45, 7) is 5.87. The van der Waals surface area contributed by atoms with Gasteiger partial charge in [-0.05, 0) is 37.5 Å². The van der Waals surface area contributed by atoms with Crippen LogP contribution in [0.3, 0.4) is 0 Å². The van der Waals surface area contributed by atoms with Crippen molar-refractivity contribution in [2.45, 2.75) is 45.2 Å². The number of halogens is 1. The summed E-state index contributed by atoms with van der Waals surface area (Å²) >= 11 is 5.99. The molecule has 3 nitrogen and oxygen atoms in total. The number of benzene rings is 1. The summed E-state index contributed by atoms with van der Waals surface area (Å²) in [7, 11) is 1.79. The van der Waals surface area contributed by atoms with Crippen LogP contribution in [0, 0.1) is 0 Å². The van der Waals surface area contributed by atoms with E-state index in [0.29, 0.717) is 17.9 Å². The molecule has 0 heterocycles. The minimum atomic E-state index is -0.776. The van der Waals surface area contributed by atoms with Crippen molar-refractivity contribution in [1.29, 1.82) is 0 Å². The van der Waals surface area contributed by atoms with E-state index in [4.69, 9.17) is 17.3 Å². The van der Waals surface area contributed by atoms with E-state index in [9.17, 15) is 4.79 Å². The van der Waals surface area contributed by atoms with Crippen molar-refractivity contribution < 1.29 is 4.79 Å². The Morgan fingerprint density at radius 2 is 2.00 bits per heavy atom. The standard InChI is InChI=1S/C15H23ClN2O/c1-5-15(17,6-2)14(19)18(4)11(3)12-8-7-9-13(16)10-12/h7-11H,5-6,17H2,1-4H3. The zero-order chi connectivity index (χ0) is 14.6. The van der Waals surface area contributed by atoms with Crippen molar-refractivity contribution in [3.63, 3.8) is 0 Å². The van der Waals surface area contributed by atoms with Crippen LogP contribution in [-0.2, 0) is 4.79 Å². The van der Waals surface area contributed by atoms with Crippen LogP contribution in [0.4, 0.5) is 0 Å². The molecule has 1 aromatic rings. The summed E-state index contributed by atoms with van der Waals surface area (Å²) in [6, 6.07) is 7.52. The van der Waals surface area contributed by atoms with E-state index in [1.54, 1.807) is 11.9 Å². The number of hydrogen-bond acceptors (Lipinski definition) is 2. The van der Waals surface area contributed by atoms with E-state index in [-0.39, 0.29) is 11.9 Å². The second-order valence-corrected chi connectivity index (χ2v) is 5.45. The van der Waals surface area contributed by atoms with Crippen molar-refractivity contribution in [2.75, 3.05) is 7.05 Å². The molecule has 0 aliphatic heterocycles. The van der Waals surface area contributed by atoms with Crippen molar-refractivity contribution in [1.82, 2.24) is 4.90 Å². The molecule has 0 bridgehead atoms. The lowest BCUT2D eigenvalue weighted by Gasteiger charge is -2.34. The lowest BCUT2D eigenvalue weighted by molar-refractivity contribution is -0.138.